The fraction of sp³-hybridized carbons (Fsp3) is 0.471. The number of halogens is 2. The molecule has 120 valence electrons. The lowest BCUT2D eigenvalue weighted by molar-refractivity contribution is 0.677. The lowest BCUT2D eigenvalue weighted by atomic mass is 10.1. The van der Waals surface area contributed by atoms with Gasteiger partial charge in [-0.1, -0.05) is 55.5 Å². The van der Waals surface area contributed by atoms with Crippen LogP contribution in [0, 0.1) is 0 Å². The highest BCUT2D eigenvalue weighted by Crippen LogP contribution is 2.36. The molecule has 0 aliphatic rings. The predicted molar refractivity (Wildman–Crippen MR) is 98.0 cm³/mol. The van der Waals surface area contributed by atoms with E-state index in [0.29, 0.717) is 10.3 Å². The summed E-state index contributed by atoms with van der Waals surface area (Å²) in [7, 11) is 0. The zero-order valence-electron chi connectivity index (χ0n) is 12.8. The lowest BCUT2D eigenvalue weighted by Gasteiger charge is -2.19. The second-order valence-electron chi connectivity index (χ2n) is 5.35. The third kappa shape index (κ3) is 5.53. The topological polar surface area (TPSA) is 17.8 Å². The molecule has 0 N–H and O–H groups in total. The van der Waals surface area contributed by atoms with Crippen LogP contribution in [0.3, 0.4) is 0 Å². The predicted octanol–water partition coefficient (Wildman–Crippen LogP) is 6.24. The Labute approximate surface area is 147 Å². The molecule has 0 amide bonds. The molecule has 0 radical (unpaired) electrons. The summed E-state index contributed by atoms with van der Waals surface area (Å²) in [5.41, 5.74) is 1.15. The van der Waals surface area contributed by atoms with Crippen molar-refractivity contribution in [2.75, 3.05) is 5.75 Å². The van der Waals surface area contributed by atoms with Crippen molar-refractivity contribution in [1.29, 1.82) is 0 Å². The maximum Gasteiger partial charge on any atom is 0.0946 e. The Morgan fingerprint density at radius 3 is 2.77 bits per heavy atom. The molecule has 0 aliphatic carbocycles. The molecule has 1 unspecified atom stereocenters. The molecule has 2 nitrogen and oxygen atoms in total. The van der Waals surface area contributed by atoms with Crippen molar-refractivity contribution in [3.8, 4) is 0 Å². The van der Waals surface area contributed by atoms with E-state index in [1.807, 2.05) is 48.7 Å². The molecule has 2 rings (SSSR count). The molecule has 1 atom stereocenters. The van der Waals surface area contributed by atoms with Gasteiger partial charge in [0.05, 0.1) is 6.33 Å². The van der Waals surface area contributed by atoms with E-state index in [9.17, 15) is 0 Å². The molecule has 0 bridgehead atoms. The molecule has 1 aromatic heterocycles. The van der Waals surface area contributed by atoms with Crippen LogP contribution in [0.15, 0.2) is 36.9 Å². The monoisotopic (exact) mass is 356 g/mol. The fourth-order valence-corrected chi connectivity index (χ4v) is 4.27. The van der Waals surface area contributed by atoms with Crippen LogP contribution in [0.1, 0.15) is 43.4 Å². The second-order valence-corrected chi connectivity index (χ2v) is 7.50. The Morgan fingerprint density at radius 2 is 2.09 bits per heavy atom. The van der Waals surface area contributed by atoms with Gasteiger partial charge in [0.2, 0.25) is 0 Å². The van der Waals surface area contributed by atoms with Crippen molar-refractivity contribution in [2.45, 2.75) is 44.4 Å². The van der Waals surface area contributed by atoms with Gasteiger partial charge in [-0.2, -0.15) is 11.8 Å². The van der Waals surface area contributed by atoms with Crippen LogP contribution in [0.25, 0.3) is 0 Å². The molecule has 1 heterocycles. The average molecular weight is 357 g/mol. The molecule has 1 aromatic carbocycles. The van der Waals surface area contributed by atoms with Crippen molar-refractivity contribution < 1.29 is 0 Å². The van der Waals surface area contributed by atoms with Crippen molar-refractivity contribution in [1.82, 2.24) is 9.55 Å². The van der Waals surface area contributed by atoms with E-state index < -0.39 is 0 Å². The SMILES string of the molecule is CCCCCCSC(Cn1ccnc1)c1ccc(Cl)cc1Cl. The van der Waals surface area contributed by atoms with Gasteiger partial charge in [0.1, 0.15) is 0 Å². The Hall–Kier alpha value is -0.640. The van der Waals surface area contributed by atoms with Crippen molar-refractivity contribution in [3.63, 3.8) is 0 Å². The maximum absolute atomic E-state index is 6.40. The number of unbranched alkanes of at least 4 members (excludes halogenated alkanes) is 3. The van der Waals surface area contributed by atoms with Crippen LogP contribution in [-0.4, -0.2) is 15.3 Å². The van der Waals surface area contributed by atoms with Gasteiger partial charge in [0.25, 0.3) is 0 Å². The number of hydrogen-bond donors (Lipinski definition) is 0. The summed E-state index contributed by atoms with van der Waals surface area (Å²) in [5, 5.41) is 1.75. The van der Waals surface area contributed by atoms with Gasteiger partial charge in [-0.15, -0.1) is 0 Å². The molecule has 5 heteroatoms. The maximum atomic E-state index is 6.40. The molecule has 0 fully saturated rings. The first-order valence-electron chi connectivity index (χ1n) is 7.73. The average Bonchev–Trinajstić information content (AvgIpc) is 2.99. The zero-order chi connectivity index (χ0) is 15.8. The normalized spacial score (nSPS) is 12.5. The number of aromatic nitrogens is 2. The van der Waals surface area contributed by atoms with E-state index in [0.717, 1.165) is 22.9 Å². The lowest BCUT2D eigenvalue weighted by Crippen LogP contribution is -2.06. The summed E-state index contributed by atoms with van der Waals surface area (Å²) in [5.74, 6) is 1.15. The van der Waals surface area contributed by atoms with E-state index in [-0.39, 0.29) is 0 Å². The minimum absolute atomic E-state index is 0.320. The Balaban J connectivity index is 2.03. The second kappa shape index (κ2) is 9.49. The molecule has 0 saturated heterocycles. The van der Waals surface area contributed by atoms with Crippen molar-refractivity contribution >= 4 is 35.0 Å². The van der Waals surface area contributed by atoms with Gasteiger partial charge in [-0.3, -0.25) is 0 Å². The Kier molecular flexibility index (Phi) is 7.64. The highest BCUT2D eigenvalue weighted by molar-refractivity contribution is 7.99. The van der Waals surface area contributed by atoms with Gasteiger partial charge in [-0.05, 0) is 29.9 Å². The molecule has 0 aliphatic heterocycles. The number of imidazole rings is 1. The Bertz CT molecular complexity index is 558. The first-order chi connectivity index (χ1) is 10.7. The van der Waals surface area contributed by atoms with Gasteiger partial charge in [0, 0.05) is 34.2 Å². The third-order valence-electron chi connectivity index (χ3n) is 3.56. The van der Waals surface area contributed by atoms with Crippen LogP contribution in [-0.2, 0) is 6.54 Å². The van der Waals surface area contributed by atoms with E-state index in [1.54, 1.807) is 0 Å². The Morgan fingerprint density at radius 1 is 1.23 bits per heavy atom. The summed E-state index contributed by atoms with van der Waals surface area (Å²) in [6.07, 6.45) is 10.8. The van der Waals surface area contributed by atoms with Crippen LogP contribution in [0.4, 0.5) is 0 Å². The minimum atomic E-state index is 0.320. The van der Waals surface area contributed by atoms with Gasteiger partial charge >= 0.3 is 0 Å². The van der Waals surface area contributed by atoms with Gasteiger partial charge < -0.3 is 4.57 Å². The van der Waals surface area contributed by atoms with Gasteiger partial charge in [-0.25, -0.2) is 4.98 Å². The molecule has 0 spiro atoms. The van der Waals surface area contributed by atoms with Crippen LogP contribution in [0.5, 0.6) is 0 Å². The summed E-state index contributed by atoms with van der Waals surface area (Å²) >= 11 is 14.4. The third-order valence-corrected chi connectivity index (χ3v) is 5.45. The standard InChI is InChI=1S/C17H22Cl2N2S/c1-2-3-4-5-10-22-17(12-21-9-8-20-13-21)15-7-6-14(18)11-16(15)19/h6-9,11,13,17H,2-5,10,12H2,1H3. The molecular weight excluding hydrogens is 335 g/mol. The van der Waals surface area contributed by atoms with Crippen LogP contribution >= 0.6 is 35.0 Å². The minimum Gasteiger partial charge on any atom is -0.336 e. The summed E-state index contributed by atoms with van der Waals surface area (Å²) in [6, 6.07) is 5.80. The summed E-state index contributed by atoms with van der Waals surface area (Å²) in [4.78, 5) is 4.13. The van der Waals surface area contributed by atoms with Gasteiger partial charge in [0.15, 0.2) is 0 Å². The van der Waals surface area contributed by atoms with E-state index in [4.69, 9.17) is 23.2 Å². The zero-order valence-corrected chi connectivity index (χ0v) is 15.2. The first-order valence-corrected chi connectivity index (χ1v) is 9.53. The van der Waals surface area contributed by atoms with Crippen molar-refractivity contribution in [3.05, 3.63) is 52.5 Å². The van der Waals surface area contributed by atoms with Crippen LogP contribution in [0.2, 0.25) is 10.0 Å². The molecule has 2 aromatic rings. The van der Waals surface area contributed by atoms with E-state index in [2.05, 4.69) is 16.5 Å². The van der Waals surface area contributed by atoms with Crippen LogP contribution < -0.4 is 0 Å². The highest BCUT2D eigenvalue weighted by atomic mass is 35.5. The fourth-order valence-electron chi connectivity index (χ4n) is 2.34. The highest BCUT2D eigenvalue weighted by Gasteiger charge is 2.16. The summed E-state index contributed by atoms with van der Waals surface area (Å²) < 4.78 is 2.11. The van der Waals surface area contributed by atoms with E-state index >= 15 is 0 Å². The summed E-state index contributed by atoms with van der Waals surface area (Å²) in [6.45, 7) is 3.11. The molecule has 0 saturated carbocycles. The smallest absolute Gasteiger partial charge is 0.0946 e. The number of thioether (sulfide) groups is 1. The number of nitrogens with zero attached hydrogens (tertiary/aromatic N) is 2. The number of benzene rings is 1. The quantitative estimate of drug-likeness (QED) is 0.494. The first kappa shape index (κ1) is 17.7. The largest absolute Gasteiger partial charge is 0.336 e. The van der Waals surface area contributed by atoms with Crippen molar-refractivity contribution in [2.24, 2.45) is 0 Å². The number of rotatable bonds is 9. The molecular formula is C17H22Cl2N2S. The molecule has 22 heavy (non-hydrogen) atoms. The van der Waals surface area contributed by atoms with E-state index in [1.165, 1.54) is 25.7 Å². The number of hydrogen-bond acceptors (Lipinski definition) is 2.